The Morgan fingerprint density at radius 1 is 1.50 bits per heavy atom. The van der Waals surface area contributed by atoms with E-state index < -0.39 is 0 Å². The first kappa shape index (κ1) is 14.4. The minimum absolute atomic E-state index is 0.195. The van der Waals surface area contributed by atoms with Gasteiger partial charge in [0.2, 0.25) is 0 Å². The number of ether oxygens (including phenoxy) is 1. The Kier molecular flexibility index (Phi) is 5.09. The van der Waals surface area contributed by atoms with E-state index in [0.717, 1.165) is 12.2 Å². The van der Waals surface area contributed by atoms with E-state index in [1.807, 2.05) is 26.8 Å². The van der Waals surface area contributed by atoms with Gasteiger partial charge in [0.1, 0.15) is 5.69 Å². The maximum absolute atomic E-state index is 11.9. The van der Waals surface area contributed by atoms with Gasteiger partial charge in [-0.05, 0) is 32.9 Å². The molecule has 0 aliphatic heterocycles. The van der Waals surface area contributed by atoms with Gasteiger partial charge in [0.25, 0.3) is 5.91 Å². The summed E-state index contributed by atoms with van der Waals surface area (Å²) in [6, 6.07) is 3.57. The van der Waals surface area contributed by atoms with Gasteiger partial charge in [-0.1, -0.05) is 0 Å². The number of pyridine rings is 1. The molecule has 0 saturated carbocycles. The second-order valence-electron chi connectivity index (χ2n) is 4.61. The molecule has 0 aliphatic rings. The van der Waals surface area contributed by atoms with E-state index in [0.29, 0.717) is 12.2 Å². The third-order valence-electron chi connectivity index (χ3n) is 2.60. The summed E-state index contributed by atoms with van der Waals surface area (Å²) < 4.78 is 5.24. The van der Waals surface area contributed by atoms with Crippen molar-refractivity contribution in [3.05, 3.63) is 24.0 Å². The molecule has 0 atom stereocenters. The molecule has 18 heavy (non-hydrogen) atoms. The van der Waals surface area contributed by atoms with Crippen LogP contribution in [-0.2, 0) is 4.74 Å². The van der Waals surface area contributed by atoms with Gasteiger partial charge in [-0.15, -0.1) is 0 Å². The van der Waals surface area contributed by atoms with Gasteiger partial charge in [0, 0.05) is 32.1 Å². The monoisotopic (exact) mass is 251 g/mol. The van der Waals surface area contributed by atoms with E-state index in [2.05, 4.69) is 15.6 Å². The average molecular weight is 251 g/mol. The lowest BCUT2D eigenvalue weighted by Crippen LogP contribution is -2.40. The summed E-state index contributed by atoms with van der Waals surface area (Å²) in [5.41, 5.74) is 0.915. The summed E-state index contributed by atoms with van der Waals surface area (Å²) in [6.07, 6.45) is 1.62. The smallest absolute Gasteiger partial charge is 0.270 e. The second-order valence-corrected chi connectivity index (χ2v) is 4.61. The highest BCUT2D eigenvalue weighted by molar-refractivity contribution is 5.93. The van der Waals surface area contributed by atoms with Crippen molar-refractivity contribution >= 4 is 11.6 Å². The van der Waals surface area contributed by atoms with Crippen LogP contribution in [0.4, 0.5) is 5.69 Å². The van der Waals surface area contributed by atoms with Crippen molar-refractivity contribution < 1.29 is 9.53 Å². The van der Waals surface area contributed by atoms with Crippen LogP contribution in [0.5, 0.6) is 0 Å². The molecule has 0 saturated heterocycles. The Balaban J connectivity index is 2.64. The summed E-state index contributed by atoms with van der Waals surface area (Å²) in [7, 11) is 1.62. The van der Waals surface area contributed by atoms with Crippen LogP contribution in [-0.4, -0.2) is 36.7 Å². The highest BCUT2D eigenvalue weighted by atomic mass is 16.5. The summed E-state index contributed by atoms with van der Waals surface area (Å²) in [4.78, 5) is 16.0. The first-order valence-corrected chi connectivity index (χ1v) is 6.02. The molecule has 1 heterocycles. The lowest BCUT2D eigenvalue weighted by atomic mass is 10.1. The normalized spacial score (nSPS) is 11.1. The molecular weight excluding hydrogens is 230 g/mol. The Labute approximate surface area is 108 Å². The van der Waals surface area contributed by atoms with E-state index in [9.17, 15) is 4.79 Å². The van der Waals surface area contributed by atoms with Gasteiger partial charge in [0.05, 0.1) is 5.60 Å². The molecule has 100 valence electrons. The second kappa shape index (κ2) is 6.35. The molecule has 0 aromatic carbocycles. The van der Waals surface area contributed by atoms with Crippen LogP contribution < -0.4 is 10.6 Å². The number of carbonyl (C=O) groups excluding carboxylic acids is 1. The fourth-order valence-corrected chi connectivity index (χ4v) is 1.32. The molecule has 2 N–H and O–H groups in total. The predicted molar refractivity (Wildman–Crippen MR) is 71.8 cm³/mol. The van der Waals surface area contributed by atoms with Gasteiger partial charge < -0.3 is 15.4 Å². The molecule has 0 aliphatic carbocycles. The summed E-state index contributed by atoms with van der Waals surface area (Å²) in [5, 5.41) is 5.95. The summed E-state index contributed by atoms with van der Waals surface area (Å²) >= 11 is 0. The van der Waals surface area contributed by atoms with Crippen molar-refractivity contribution in [1.82, 2.24) is 10.3 Å². The zero-order valence-electron chi connectivity index (χ0n) is 11.4. The Hall–Kier alpha value is -1.62. The highest BCUT2D eigenvalue weighted by Gasteiger charge is 2.18. The number of rotatable bonds is 6. The standard InChI is InChI=1S/C13H21N3O2/c1-5-14-10-6-7-15-11(8-10)12(17)16-9-13(2,3)18-4/h6-8H,5,9H2,1-4H3,(H,14,15)(H,16,17). The van der Waals surface area contributed by atoms with Crippen molar-refractivity contribution in [1.29, 1.82) is 0 Å². The van der Waals surface area contributed by atoms with Crippen LogP contribution in [0.3, 0.4) is 0 Å². The molecule has 0 spiro atoms. The van der Waals surface area contributed by atoms with E-state index >= 15 is 0 Å². The third kappa shape index (κ3) is 4.33. The lowest BCUT2D eigenvalue weighted by molar-refractivity contribution is 0.0228. The fraction of sp³-hybridized carbons (Fsp3) is 0.538. The fourth-order valence-electron chi connectivity index (χ4n) is 1.32. The number of nitrogens with zero attached hydrogens (tertiary/aromatic N) is 1. The highest BCUT2D eigenvalue weighted by Crippen LogP contribution is 2.09. The number of hydrogen-bond acceptors (Lipinski definition) is 4. The molecule has 0 bridgehead atoms. The predicted octanol–water partition coefficient (Wildman–Crippen LogP) is 1.67. The SMILES string of the molecule is CCNc1ccnc(C(=O)NCC(C)(C)OC)c1. The van der Waals surface area contributed by atoms with Crippen LogP contribution >= 0.6 is 0 Å². The number of nitrogens with one attached hydrogen (secondary N) is 2. The van der Waals surface area contributed by atoms with E-state index in [1.165, 1.54) is 0 Å². The first-order valence-electron chi connectivity index (χ1n) is 6.02. The van der Waals surface area contributed by atoms with Gasteiger partial charge in [-0.3, -0.25) is 9.78 Å². The first-order chi connectivity index (χ1) is 8.48. The largest absolute Gasteiger partial charge is 0.385 e. The Morgan fingerprint density at radius 3 is 2.83 bits per heavy atom. The molecule has 0 radical (unpaired) electrons. The minimum Gasteiger partial charge on any atom is -0.385 e. The number of aromatic nitrogens is 1. The maximum Gasteiger partial charge on any atom is 0.270 e. The van der Waals surface area contributed by atoms with Crippen molar-refractivity contribution in [3.63, 3.8) is 0 Å². The zero-order chi connectivity index (χ0) is 13.6. The lowest BCUT2D eigenvalue weighted by Gasteiger charge is -2.22. The average Bonchev–Trinajstić information content (AvgIpc) is 2.37. The zero-order valence-corrected chi connectivity index (χ0v) is 11.4. The number of amides is 1. The minimum atomic E-state index is -0.380. The van der Waals surface area contributed by atoms with Crippen LogP contribution in [0, 0.1) is 0 Å². The van der Waals surface area contributed by atoms with Gasteiger partial charge in [-0.25, -0.2) is 0 Å². The van der Waals surface area contributed by atoms with Crippen LogP contribution in [0.25, 0.3) is 0 Å². The Morgan fingerprint density at radius 2 is 2.22 bits per heavy atom. The van der Waals surface area contributed by atoms with Crippen LogP contribution in [0.15, 0.2) is 18.3 Å². The molecule has 1 aromatic heterocycles. The summed E-state index contributed by atoms with van der Waals surface area (Å²) in [5.74, 6) is -0.195. The van der Waals surface area contributed by atoms with Crippen LogP contribution in [0.2, 0.25) is 0 Å². The number of methoxy groups -OCH3 is 1. The number of carbonyl (C=O) groups is 1. The molecule has 5 nitrogen and oxygen atoms in total. The van der Waals surface area contributed by atoms with E-state index in [4.69, 9.17) is 4.74 Å². The number of anilines is 1. The third-order valence-corrected chi connectivity index (χ3v) is 2.60. The van der Waals surface area contributed by atoms with Crippen molar-refractivity contribution in [2.24, 2.45) is 0 Å². The van der Waals surface area contributed by atoms with E-state index in [-0.39, 0.29) is 11.5 Å². The molecule has 1 amide bonds. The summed E-state index contributed by atoms with van der Waals surface area (Å²) in [6.45, 7) is 7.07. The topological polar surface area (TPSA) is 63.2 Å². The van der Waals surface area contributed by atoms with Gasteiger partial charge in [-0.2, -0.15) is 0 Å². The number of hydrogen-bond donors (Lipinski definition) is 2. The molecule has 5 heteroatoms. The van der Waals surface area contributed by atoms with Crippen molar-refractivity contribution in [3.8, 4) is 0 Å². The molecular formula is C13H21N3O2. The molecule has 1 rings (SSSR count). The van der Waals surface area contributed by atoms with Crippen molar-refractivity contribution in [2.45, 2.75) is 26.4 Å². The molecule has 1 aromatic rings. The maximum atomic E-state index is 11.9. The quantitative estimate of drug-likeness (QED) is 0.807. The van der Waals surface area contributed by atoms with Gasteiger partial charge >= 0.3 is 0 Å². The van der Waals surface area contributed by atoms with Gasteiger partial charge in [0.15, 0.2) is 0 Å². The molecule has 0 fully saturated rings. The molecule has 0 unspecified atom stereocenters. The Bertz CT molecular complexity index is 405. The van der Waals surface area contributed by atoms with E-state index in [1.54, 1.807) is 19.4 Å². The van der Waals surface area contributed by atoms with Crippen molar-refractivity contribution in [2.75, 3.05) is 25.5 Å². The van der Waals surface area contributed by atoms with Crippen LogP contribution in [0.1, 0.15) is 31.3 Å².